The maximum absolute atomic E-state index is 13.8. The summed E-state index contributed by atoms with van der Waals surface area (Å²) in [6.07, 6.45) is -0.910. The fourth-order valence-electron chi connectivity index (χ4n) is 5.13. The molecule has 0 aliphatic carbocycles. The first-order chi connectivity index (χ1) is 19.3. The number of benzene rings is 2. The average Bonchev–Trinajstić information content (AvgIpc) is 3.35. The minimum atomic E-state index is -4.05. The van der Waals surface area contributed by atoms with E-state index in [1.165, 1.54) is 23.5 Å². The lowest BCUT2D eigenvalue weighted by Crippen LogP contribution is -2.62. The number of carbonyl (C=O) groups is 1. The molecule has 0 unspecified atom stereocenters. The topological polar surface area (TPSA) is 129 Å². The van der Waals surface area contributed by atoms with E-state index in [0.717, 1.165) is 10.5 Å². The third-order valence-electron chi connectivity index (χ3n) is 7.26. The summed E-state index contributed by atoms with van der Waals surface area (Å²) in [5.74, 6) is -0.181. The summed E-state index contributed by atoms with van der Waals surface area (Å²) < 4.78 is 45.4. The zero-order valence-electron chi connectivity index (χ0n) is 24.6. The number of aliphatic hydroxyl groups is 1. The van der Waals surface area contributed by atoms with Crippen molar-refractivity contribution in [1.82, 2.24) is 9.21 Å². The van der Waals surface area contributed by atoms with E-state index in [-0.39, 0.29) is 24.4 Å². The first-order valence-electron chi connectivity index (χ1n) is 13.9. The van der Waals surface area contributed by atoms with Crippen LogP contribution in [0.25, 0.3) is 0 Å². The maximum Gasteiger partial charge on any atom is 0.243 e. The van der Waals surface area contributed by atoms with Gasteiger partial charge < -0.3 is 34.1 Å². The summed E-state index contributed by atoms with van der Waals surface area (Å²) in [5.41, 5.74) is -0.100. The van der Waals surface area contributed by atoms with Crippen molar-refractivity contribution in [3.63, 3.8) is 0 Å². The molecule has 0 spiro atoms. The number of carboxylic acid groups (broad SMARTS) is 1. The van der Waals surface area contributed by atoms with Gasteiger partial charge in [0.25, 0.3) is 0 Å². The molecule has 0 saturated carbocycles. The molecule has 0 aromatic heterocycles. The van der Waals surface area contributed by atoms with E-state index >= 15 is 0 Å². The van der Waals surface area contributed by atoms with Gasteiger partial charge in [0.1, 0.15) is 11.8 Å². The normalized spacial score (nSPS) is 16.9. The molecule has 0 radical (unpaired) electrons. The van der Waals surface area contributed by atoms with Crippen LogP contribution in [0.5, 0.6) is 5.75 Å². The number of hydrogen-bond acceptors (Lipinski definition) is 8. The molecular formula is C30H43N2O8S-. The van der Waals surface area contributed by atoms with E-state index in [1.54, 1.807) is 32.9 Å². The predicted octanol–water partition coefficient (Wildman–Crippen LogP) is 3.04. The van der Waals surface area contributed by atoms with Crippen molar-refractivity contribution in [3.05, 3.63) is 60.2 Å². The van der Waals surface area contributed by atoms with Crippen molar-refractivity contribution >= 4 is 16.1 Å². The quantitative estimate of drug-likeness (QED) is 0.332. The highest BCUT2D eigenvalue weighted by Crippen LogP contribution is 2.27. The molecule has 11 heteroatoms. The van der Waals surface area contributed by atoms with Gasteiger partial charge in [0.15, 0.2) is 5.79 Å². The highest BCUT2D eigenvalue weighted by Gasteiger charge is 2.37. The minimum absolute atomic E-state index is 0.0482. The lowest BCUT2D eigenvalue weighted by atomic mass is 9.94. The van der Waals surface area contributed by atoms with Crippen LogP contribution in [-0.2, 0) is 25.9 Å². The maximum atomic E-state index is 13.8. The second kappa shape index (κ2) is 14.0. The van der Waals surface area contributed by atoms with Crippen molar-refractivity contribution < 1.29 is 37.6 Å². The number of sulfonamides is 1. The summed E-state index contributed by atoms with van der Waals surface area (Å²) >= 11 is 0. The Morgan fingerprint density at radius 3 is 2.22 bits per heavy atom. The van der Waals surface area contributed by atoms with Gasteiger partial charge >= 0.3 is 0 Å². The second-order valence-electron chi connectivity index (χ2n) is 11.5. The van der Waals surface area contributed by atoms with Gasteiger partial charge in [-0.25, -0.2) is 8.42 Å². The van der Waals surface area contributed by atoms with Gasteiger partial charge in [-0.05, 0) is 76.8 Å². The zero-order chi connectivity index (χ0) is 30.3. The lowest BCUT2D eigenvalue weighted by Gasteiger charge is -2.46. The van der Waals surface area contributed by atoms with Crippen LogP contribution >= 0.6 is 0 Å². The number of ether oxygens (including phenoxy) is 3. The van der Waals surface area contributed by atoms with Gasteiger partial charge in [-0.15, -0.1) is 0 Å². The van der Waals surface area contributed by atoms with Crippen LogP contribution in [0.15, 0.2) is 59.5 Å². The number of hydrogen-bond donors (Lipinski definition) is 1. The summed E-state index contributed by atoms with van der Waals surface area (Å²) in [7, 11) is -2.55. The summed E-state index contributed by atoms with van der Waals surface area (Å²) in [6.45, 7) is 7.85. The van der Waals surface area contributed by atoms with E-state index in [9.17, 15) is 23.4 Å². The number of methoxy groups -OCH3 is 1. The first-order valence-corrected chi connectivity index (χ1v) is 15.4. The van der Waals surface area contributed by atoms with Crippen molar-refractivity contribution in [2.45, 2.75) is 81.7 Å². The van der Waals surface area contributed by atoms with E-state index < -0.39 is 39.6 Å². The largest absolute Gasteiger partial charge is 0.530 e. The van der Waals surface area contributed by atoms with Gasteiger partial charge in [0.2, 0.25) is 10.0 Å². The van der Waals surface area contributed by atoms with Crippen LogP contribution in [0, 0.1) is 0 Å². The molecule has 41 heavy (non-hydrogen) atoms. The fraction of sp³-hybridized carbons (Fsp3) is 0.567. The van der Waals surface area contributed by atoms with Gasteiger partial charge in [-0.3, -0.25) is 0 Å². The summed E-state index contributed by atoms with van der Waals surface area (Å²) in [4.78, 5) is 13.5. The molecule has 2 aromatic rings. The molecule has 2 atom stereocenters. The minimum Gasteiger partial charge on any atom is -0.530 e. The lowest BCUT2D eigenvalue weighted by molar-refractivity contribution is -0.275. The number of carbonyl (C=O) groups excluding carboxylic acids is 1. The Kier molecular flexibility index (Phi) is 11.2. The van der Waals surface area contributed by atoms with Gasteiger partial charge in [0.05, 0.1) is 37.4 Å². The Bertz CT molecular complexity index is 1210. The Labute approximate surface area is 243 Å². The van der Waals surface area contributed by atoms with Crippen LogP contribution in [0.3, 0.4) is 0 Å². The highest BCUT2D eigenvalue weighted by molar-refractivity contribution is 7.89. The number of nitrogens with zero attached hydrogens (tertiary/aromatic N) is 2. The van der Waals surface area contributed by atoms with E-state index in [4.69, 9.17) is 14.2 Å². The van der Waals surface area contributed by atoms with Crippen LogP contribution in [0.2, 0.25) is 0 Å². The highest BCUT2D eigenvalue weighted by atomic mass is 32.2. The van der Waals surface area contributed by atoms with Crippen LogP contribution < -0.4 is 9.84 Å². The van der Waals surface area contributed by atoms with E-state index in [2.05, 4.69) is 0 Å². The van der Waals surface area contributed by atoms with Crippen molar-refractivity contribution in [3.8, 4) is 5.75 Å². The second-order valence-corrected chi connectivity index (χ2v) is 13.4. The van der Waals surface area contributed by atoms with Gasteiger partial charge in [-0.1, -0.05) is 30.3 Å². The van der Waals surface area contributed by atoms with Crippen molar-refractivity contribution in [2.75, 3.05) is 33.4 Å². The monoisotopic (exact) mass is 591 g/mol. The SMILES string of the molecule is COc1ccc(S(=O)(=O)N(CCCCC2(C)OCCO2)C[C@@H](O)[C@H](Cc2ccccc2)N(C(=O)[O-])C(C)(C)C)cc1. The number of unbranched alkanes of at least 4 members (excludes halogenated alkanes) is 1. The molecule has 10 nitrogen and oxygen atoms in total. The Balaban J connectivity index is 1.89. The number of rotatable bonds is 14. The van der Waals surface area contributed by atoms with Gasteiger partial charge in [0, 0.05) is 25.0 Å². The fourth-order valence-corrected chi connectivity index (χ4v) is 6.63. The molecule has 1 heterocycles. The molecule has 228 valence electrons. The average molecular weight is 592 g/mol. The van der Waals surface area contributed by atoms with Crippen LogP contribution in [0.1, 0.15) is 52.5 Å². The standard InChI is InChI=1S/C30H44N2O8S/c1-29(2,3)32(28(34)35)26(21-23-11-7-6-8-12-23)27(33)22-31(18-10-9-17-30(4)39-19-20-40-30)41(36,37)25-15-13-24(38-5)14-16-25/h6-8,11-16,26-27,33H,9-10,17-22H2,1-5H3,(H,34,35)/p-1/t26-,27+/m0/s1. The molecule has 1 amide bonds. The third-order valence-corrected chi connectivity index (χ3v) is 9.14. The Hall–Kier alpha value is -2.70. The Morgan fingerprint density at radius 2 is 1.68 bits per heavy atom. The van der Waals surface area contributed by atoms with Gasteiger partial charge in [-0.2, -0.15) is 4.31 Å². The molecule has 2 aromatic carbocycles. The first kappa shape index (κ1) is 32.8. The molecule has 1 saturated heterocycles. The predicted molar refractivity (Wildman–Crippen MR) is 153 cm³/mol. The third kappa shape index (κ3) is 8.89. The Morgan fingerprint density at radius 1 is 1.07 bits per heavy atom. The molecule has 3 rings (SSSR count). The molecular weight excluding hydrogens is 548 g/mol. The zero-order valence-corrected chi connectivity index (χ0v) is 25.4. The van der Waals surface area contributed by atoms with Crippen molar-refractivity contribution in [2.24, 2.45) is 0 Å². The van der Waals surface area contributed by atoms with Crippen LogP contribution in [0.4, 0.5) is 4.79 Å². The summed E-state index contributed by atoms with van der Waals surface area (Å²) in [5, 5.41) is 23.9. The smallest absolute Gasteiger partial charge is 0.243 e. The number of aliphatic hydroxyl groups excluding tert-OH is 1. The molecule has 1 N–H and O–H groups in total. The van der Waals surface area contributed by atoms with E-state index in [0.29, 0.717) is 38.2 Å². The molecule has 1 aliphatic heterocycles. The molecule has 1 fully saturated rings. The summed E-state index contributed by atoms with van der Waals surface area (Å²) in [6, 6.07) is 14.3. The number of amides is 1. The van der Waals surface area contributed by atoms with E-state index in [1.807, 2.05) is 37.3 Å². The molecule has 0 bridgehead atoms. The van der Waals surface area contributed by atoms with Crippen LogP contribution in [-0.4, -0.2) is 85.7 Å². The molecule has 1 aliphatic rings. The van der Waals surface area contributed by atoms with Crippen molar-refractivity contribution in [1.29, 1.82) is 0 Å².